The third-order valence-electron chi connectivity index (χ3n) is 5.17. The van der Waals surface area contributed by atoms with E-state index in [1.54, 1.807) is 23.2 Å². The van der Waals surface area contributed by atoms with E-state index in [1.807, 2.05) is 24.3 Å². The number of carbonyl (C=O) groups excluding carboxylic acids is 2. The van der Waals surface area contributed by atoms with Gasteiger partial charge in [-0.25, -0.2) is 0 Å². The number of amides is 2. The molecule has 1 aromatic heterocycles. The number of hydrogen-bond acceptors (Lipinski definition) is 4. The number of benzene rings is 2. The van der Waals surface area contributed by atoms with Gasteiger partial charge in [-0.2, -0.15) is 0 Å². The van der Waals surface area contributed by atoms with Crippen LogP contribution in [-0.2, 0) is 17.8 Å². The van der Waals surface area contributed by atoms with Gasteiger partial charge in [0, 0.05) is 24.7 Å². The lowest BCUT2D eigenvalue weighted by Crippen LogP contribution is -2.37. The highest BCUT2D eigenvalue weighted by molar-refractivity contribution is 6.40. The molecule has 0 aliphatic carbocycles. The average Bonchev–Trinajstić information content (AvgIpc) is 2.76. The van der Waals surface area contributed by atoms with E-state index >= 15 is 0 Å². The van der Waals surface area contributed by atoms with Crippen LogP contribution < -0.4 is 5.32 Å². The summed E-state index contributed by atoms with van der Waals surface area (Å²) >= 11 is 12.7. The summed E-state index contributed by atoms with van der Waals surface area (Å²) in [6.07, 6.45) is 2.11. The predicted molar refractivity (Wildman–Crippen MR) is 117 cm³/mol. The highest BCUT2D eigenvalue weighted by Gasteiger charge is 2.28. The Morgan fingerprint density at radius 2 is 1.87 bits per heavy atom. The maximum atomic E-state index is 13.0. The largest absolute Gasteiger partial charge is 0.480 e. The summed E-state index contributed by atoms with van der Waals surface area (Å²) in [4.78, 5) is 42.0. The first-order valence-corrected chi connectivity index (χ1v) is 10.2. The van der Waals surface area contributed by atoms with Crippen LogP contribution in [0.25, 0.3) is 10.8 Å². The van der Waals surface area contributed by atoms with Gasteiger partial charge in [0.2, 0.25) is 0 Å². The third kappa shape index (κ3) is 4.19. The van der Waals surface area contributed by atoms with E-state index in [9.17, 15) is 14.4 Å². The van der Waals surface area contributed by atoms with Gasteiger partial charge in [-0.3, -0.25) is 19.4 Å². The van der Waals surface area contributed by atoms with Crippen LogP contribution >= 0.6 is 23.2 Å². The third-order valence-corrected chi connectivity index (χ3v) is 5.88. The number of pyridine rings is 1. The van der Waals surface area contributed by atoms with Crippen LogP contribution in [0, 0.1) is 0 Å². The predicted octanol–water partition coefficient (Wildman–Crippen LogP) is 3.55. The number of halogens is 2. The van der Waals surface area contributed by atoms with Crippen LogP contribution in [0.3, 0.4) is 0 Å². The highest BCUT2D eigenvalue weighted by atomic mass is 35.5. The molecule has 0 spiro atoms. The fourth-order valence-electron chi connectivity index (χ4n) is 3.64. The first-order valence-electron chi connectivity index (χ1n) is 9.49. The van der Waals surface area contributed by atoms with E-state index in [4.69, 9.17) is 28.3 Å². The number of nitrogens with one attached hydrogen (secondary N) is 1. The molecule has 7 nitrogen and oxygen atoms in total. The van der Waals surface area contributed by atoms with Crippen LogP contribution in [0.15, 0.2) is 42.6 Å². The molecule has 3 aromatic rings. The van der Waals surface area contributed by atoms with Crippen molar-refractivity contribution in [3.8, 4) is 0 Å². The second kappa shape index (κ2) is 8.53. The van der Waals surface area contributed by atoms with E-state index in [0.29, 0.717) is 18.7 Å². The molecule has 2 heterocycles. The molecular weight excluding hydrogens is 441 g/mol. The summed E-state index contributed by atoms with van der Waals surface area (Å²) in [6, 6.07) is 11.0. The Bertz CT molecular complexity index is 1230. The van der Waals surface area contributed by atoms with Crippen molar-refractivity contribution in [2.75, 3.05) is 13.1 Å². The van der Waals surface area contributed by atoms with Crippen molar-refractivity contribution >= 4 is 51.8 Å². The molecule has 2 amide bonds. The topological polar surface area (TPSA) is 99.6 Å². The van der Waals surface area contributed by atoms with Crippen LogP contribution in [-0.4, -0.2) is 45.9 Å². The molecule has 31 heavy (non-hydrogen) atoms. The Balaban J connectivity index is 1.58. The van der Waals surface area contributed by atoms with Gasteiger partial charge < -0.3 is 15.3 Å². The van der Waals surface area contributed by atoms with Crippen LogP contribution in [0.2, 0.25) is 10.0 Å². The normalized spacial score (nSPS) is 13.0. The number of carbonyl (C=O) groups is 3. The second-order valence-electron chi connectivity index (χ2n) is 7.15. The Labute approximate surface area is 187 Å². The molecule has 0 saturated heterocycles. The Kier molecular flexibility index (Phi) is 5.80. The number of aliphatic carboxylic acids is 1. The first-order chi connectivity index (χ1) is 14.8. The van der Waals surface area contributed by atoms with Crippen LogP contribution in [0.1, 0.15) is 32.0 Å². The summed E-state index contributed by atoms with van der Waals surface area (Å²) in [5.74, 6) is -2.03. The monoisotopic (exact) mass is 457 g/mol. The zero-order valence-electron chi connectivity index (χ0n) is 16.2. The summed E-state index contributed by atoms with van der Waals surface area (Å²) in [5.41, 5.74) is 1.86. The molecule has 0 saturated carbocycles. The van der Waals surface area contributed by atoms with E-state index in [2.05, 4.69) is 10.3 Å². The van der Waals surface area contributed by atoms with Gasteiger partial charge in [-0.15, -0.1) is 0 Å². The zero-order valence-corrected chi connectivity index (χ0v) is 17.7. The minimum absolute atomic E-state index is 0.0410. The van der Waals surface area contributed by atoms with Crippen LogP contribution in [0.4, 0.5) is 0 Å². The van der Waals surface area contributed by atoms with E-state index < -0.39 is 18.4 Å². The molecule has 1 aliphatic heterocycles. The number of fused-ring (bicyclic) bond motifs is 2. The van der Waals surface area contributed by atoms with Gasteiger partial charge in [0.15, 0.2) is 0 Å². The molecule has 4 rings (SSSR count). The highest BCUT2D eigenvalue weighted by Crippen LogP contribution is 2.35. The first kappa shape index (κ1) is 21.1. The SMILES string of the molecule is O=C(O)CNC(=O)c1c(Cl)cc2c(c1Cl)CCN(C(=O)c1cc3ccccc3cn1)C2. The van der Waals surface area contributed by atoms with Gasteiger partial charge in [-0.05, 0) is 35.1 Å². The van der Waals surface area contributed by atoms with Crippen molar-refractivity contribution in [2.24, 2.45) is 0 Å². The molecule has 0 atom stereocenters. The summed E-state index contributed by atoms with van der Waals surface area (Å²) in [5, 5.41) is 13.2. The number of hydrogen-bond donors (Lipinski definition) is 2. The second-order valence-corrected chi connectivity index (χ2v) is 7.94. The van der Waals surface area contributed by atoms with Gasteiger partial charge in [0.1, 0.15) is 12.2 Å². The van der Waals surface area contributed by atoms with E-state index in [0.717, 1.165) is 21.9 Å². The number of aromatic nitrogens is 1. The van der Waals surface area contributed by atoms with Crippen molar-refractivity contribution in [2.45, 2.75) is 13.0 Å². The Morgan fingerprint density at radius 3 is 2.61 bits per heavy atom. The van der Waals surface area contributed by atoms with Gasteiger partial charge in [-0.1, -0.05) is 47.5 Å². The minimum Gasteiger partial charge on any atom is -0.480 e. The smallest absolute Gasteiger partial charge is 0.322 e. The number of carboxylic acids is 1. The molecule has 0 radical (unpaired) electrons. The maximum absolute atomic E-state index is 13.0. The summed E-state index contributed by atoms with van der Waals surface area (Å²) in [7, 11) is 0. The van der Waals surface area contributed by atoms with E-state index in [1.165, 1.54) is 0 Å². The summed E-state index contributed by atoms with van der Waals surface area (Å²) < 4.78 is 0. The molecule has 9 heteroatoms. The molecule has 0 unspecified atom stereocenters. The molecule has 2 aromatic carbocycles. The van der Waals surface area contributed by atoms with Gasteiger partial charge in [0.05, 0.1) is 15.6 Å². The van der Waals surface area contributed by atoms with Crippen molar-refractivity contribution in [3.63, 3.8) is 0 Å². The molecule has 0 bridgehead atoms. The van der Waals surface area contributed by atoms with Gasteiger partial charge >= 0.3 is 5.97 Å². The lowest BCUT2D eigenvalue weighted by atomic mass is 9.96. The fourth-order valence-corrected chi connectivity index (χ4v) is 4.40. The fraction of sp³-hybridized carbons (Fsp3) is 0.182. The summed E-state index contributed by atoms with van der Waals surface area (Å²) in [6.45, 7) is 0.140. The lowest BCUT2D eigenvalue weighted by Gasteiger charge is -2.30. The molecular formula is C22H17Cl2N3O4. The standard InChI is InChI=1S/C22H17Cl2N3O4/c23-16-7-14-11-27(22(31)17-8-12-3-1-2-4-13(12)9-25-17)6-5-15(14)20(24)19(16)21(30)26-10-18(28)29/h1-4,7-9H,5-6,10-11H2,(H,26,30)(H,28,29). The minimum atomic E-state index is -1.17. The van der Waals surface area contributed by atoms with E-state index in [-0.39, 0.29) is 28.1 Å². The van der Waals surface area contributed by atoms with Crippen molar-refractivity contribution in [3.05, 3.63) is 75.0 Å². The maximum Gasteiger partial charge on any atom is 0.322 e. The Hall–Kier alpha value is -3.16. The van der Waals surface area contributed by atoms with Crippen molar-refractivity contribution in [1.29, 1.82) is 0 Å². The quantitative estimate of drug-likeness (QED) is 0.623. The number of rotatable bonds is 4. The lowest BCUT2D eigenvalue weighted by molar-refractivity contribution is -0.135. The number of nitrogens with zero attached hydrogens (tertiary/aromatic N) is 2. The van der Waals surface area contributed by atoms with Gasteiger partial charge in [0.25, 0.3) is 11.8 Å². The van der Waals surface area contributed by atoms with Crippen molar-refractivity contribution < 1.29 is 19.5 Å². The average molecular weight is 458 g/mol. The molecule has 2 N–H and O–H groups in total. The Morgan fingerprint density at radius 1 is 1.13 bits per heavy atom. The molecule has 0 fully saturated rings. The van der Waals surface area contributed by atoms with Crippen LogP contribution in [0.5, 0.6) is 0 Å². The number of carboxylic acid groups (broad SMARTS) is 1. The molecule has 1 aliphatic rings. The molecule has 158 valence electrons. The van der Waals surface area contributed by atoms with Crippen molar-refractivity contribution in [1.82, 2.24) is 15.2 Å². The zero-order chi connectivity index (χ0) is 22.1.